The van der Waals surface area contributed by atoms with E-state index in [1.165, 1.54) is 12.1 Å². The number of aromatic nitrogens is 2. The van der Waals surface area contributed by atoms with Crippen molar-refractivity contribution in [2.24, 2.45) is 0 Å². The van der Waals surface area contributed by atoms with Crippen molar-refractivity contribution in [2.75, 3.05) is 5.32 Å². The molecule has 0 aliphatic rings. The largest absolute Gasteiger partial charge is 0.416 e. The van der Waals surface area contributed by atoms with Gasteiger partial charge in [0.15, 0.2) is 5.16 Å². The van der Waals surface area contributed by atoms with Crippen LogP contribution in [-0.2, 0) is 11.0 Å². The number of nitrogens with one attached hydrogen (secondary N) is 2. The molecule has 0 fully saturated rings. The van der Waals surface area contributed by atoms with Gasteiger partial charge in [0, 0.05) is 5.69 Å². The molecule has 3 rings (SSSR count). The first kappa shape index (κ1) is 19.9. The molecule has 9 heteroatoms. The molecular weight excluding hydrogens is 391 g/mol. The van der Waals surface area contributed by atoms with Crippen molar-refractivity contribution in [1.82, 2.24) is 9.97 Å². The second-order valence-corrected chi connectivity index (χ2v) is 7.16. The third kappa shape index (κ3) is 4.53. The lowest BCUT2D eigenvalue weighted by molar-refractivity contribution is -0.137. The predicted molar refractivity (Wildman–Crippen MR) is 102 cm³/mol. The van der Waals surface area contributed by atoms with Gasteiger partial charge in [-0.1, -0.05) is 30.8 Å². The Labute approximate surface area is 162 Å². The average molecular weight is 407 g/mol. The van der Waals surface area contributed by atoms with Crippen LogP contribution in [0.15, 0.2) is 58.5 Å². The van der Waals surface area contributed by atoms with Gasteiger partial charge in [-0.3, -0.25) is 9.59 Å². The minimum Gasteiger partial charge on any atom is -0.325 e. The van der Waals surface area contributed by atoms with Crippen LogP contribution in [0.4, 0.5) is 18.9 Å². The van der Waals surface area contributed by atoms with Crippen molar-refractivity contribution in [3.8, 4) is 0 Å². The van der Waals surface area contributed by atoms with Gasteiger partial charge in [-0.2, -0.15) is 13.2 Å². The molecule has 1 unspecified atom stereocenters. The molecule has 2 N–H and O–H groups in total. The molecule has 0 spiro atoms. The molecule has 0 aliphatic carbocycles. The van der Waals surface area contributed by atoms with Crippen LogP contribution in [0, 0.1) is 0 Å². The summed E-state index contributed by atoms with van der Waals surface area (Å²) in [6.07, 6.45) is -3.99. The van der Waals surface area contributed by atoms with Crippen LogP contribution in [-0.4, -0.2) is 21.1 Å². The van der Waals surface area contributed by atoms with Crippen LogP contribution < -0.4 is 10.9 Å². The van der Waals surface area contributed by atoms with Crippen LogP contribution in [0.25, 0.3) is 10.9 Å². The van der Waals surface area contributed by atoms with Gasteiger partial charge in [0.1, 0.15) is 0 Å². The molecule has 0 aliphatic heterocycles. The van der Waals surface area contributed by atoms with Gasteiger partial charge in [-0.25, -0.2) is 4.98 Å². The van der Waals surface area contributed by atoms with Crippen molar-refractivity contribution >= 4 is 34.3 Å². The Morgan fingerprint density at radius 2 is 1.86 bits per heavy atom. The highest BCUT2D eigenvalue weighted by Crippen LogP contribution is 2.30. The maximum absolute atomic E-state index is 12.6. The van der Waals surface area contributed by atoms with E-state index in [2.05, 4.69) is 15.3 Å². The molecular formula is C19H16F3N3O2S. The summed E-state index contributed by atoms with van der Waals surface area (Å²) in [6, 6.07) is 11.1. The number of para-hydroxylation sites is 1. The van der Waals surface area contributed by atoms with Crippen LogP contribution in [0.2, 0.25) is 0 Å². The Morgan fingerprint density at radius 3 is 2.50 bits per heavy atom. The molecule has 1 atom stereocenters. The number of anilines is 1. The SMILES string of the molecule is CCC(Sc1nc2ccccc2c(=O)[nH]1)C(=O)Nc1ccc(C(F)(F)F)cc1. The summed E-state index contributed by atoms with van der Waals surface area (Å²) in [7, 11) is 0. The predicted octanol–water partition coefficient (Wildman–Crippen LogP) is 4.45. The number of thioether (sulfide) groups is 1. The zero-order chi connectivity index (χ0) is 20.3. The number of alkyl halides is 3. The fourth-order valence-corrected chi connectivity index (χ4v) is 3.45. The van der Waals surface area contributed by atoms with E-state index in [1.54, 1.807) is 31.2 Å². The summed E-state index contributed by atoms with van der Waals surface area (Å²) in [5.74, 6) is -0.386. The number of hydrogen-bond acceptors (Lipinski definition) is 4. The van der Waals surface area contributed by atoms with Gasteiger partial charge in [-0.15, -0.1) is 0 Å². The van der Waals surface area contributed by atoms with E-state index in [-0.39, 0.29) is 17.2 Å². The summed E-state index contributed by atoms with van der Waals surface area (Å²) < 4.78 is 37.9. The lowest BCUT2D eigenvalue weighted by Crippen LogP contribution is -2.25. The van der Waals surface area contributed by atoms with Gasteiger partial charge >= 0.3 is 6.18 Å². The maximum atomic E-state index is 12.6. The fourth-order valence-electron chi connectivity index (χ4n) is 2.54. The van der Waals surface area contributed by atoms with Crippen LogP contribution in [0.3, 0.4) is 0 Å². The van der Waals surface area contributed by atoms with Crippen LogP contribution in [0.5, 0.6) is 0 Å². The molecule has 5 nitrogen and oxygen atoms in total. The van der Waals surface area contributed by atoms with Crippen molar-refractivity contribution < 1.29 is 18.0 Å². The van der Waals surface area contributed by atoms with Gasteiger partial charge < -0.3 is 10.3 Å². The highest BCUT2D eigenvalue weighted by atomic mass is 32.2. The van der Waals surface area contributed by atoms with Crippen molar-refractivity contribution in [3.05, 3.63) is 64.4 Å². The Balaban J connectivity index is 1.74. The Bertz CT molecular complexity index is 1050. The maximum Gasteiger partial charge on any atom is 0.416 e. The Kier molecular flexibility index (Phi) is 5.73. The van der Waals surface area contributed by atoms with Gasteiger partial charge in [-0.05, 0) is 42.8 Å². The van der Waals surface area contributed by atoms with E-state index in [4.69, 9.17) is 0 Å². The summed E-state index contributed by atoms with van der Waals surface area (Å²) in [4.78, 5) is 31.6. The van der Waals surface area contributed by atoms with Gasteiger partial charge in [0.25, 0.3) is 5.56 Å². The Morgan fingerprint density at radius 1 is 1.18 bits per heavy atom. The van der Waals surface area contributed by atoms with E-state index in [9.17, 15) is 22.8 Å². The second-order valence-electron chi connectivity index (χ2n) is 5.97. The Hall–Kier alpha value is -2.81. The molecule has 28 heavy (non-hydrogen) atoms. The van der Waals surface area contributed by atoms with Crippen molar-refractivity contribution in [2.45, 2.75) is 29.9 Å². The lowest BCUT2D eigenvalue weighted by atomic mass is 10.2. The first-order chi connectivity index (χ1) is 13.3. The highest BCUT2D eigenvalue weighted by molar-refractivity contribution is 8.00. The molecule has 1 aromatic heterocycles. The number of H-pyrrole nitrogens is 1. The number of halogens is 3. The summed E-state index contributed by atoms with van der Waals surface area (Å²) in [6.45, 7) is 1.79. The number of fused-ring (bicyclic) bond motifs is 1. The number of amides is 1. The van der Waals surface area contributed by atoms with Gasteiger partial charge in [0.2, 0.25) is 5.91 Å². The second kappa shape index (κ2) is 8.05. The van der Waals surface area contributed by atoms with Crippen molar-refractivity contribution in [1.29, 1.82) is 0 Å². The number of carbonyl (C=O) groups excluding carboxylic acids is 1. The van der Waals surface area contributed by atoms with Crippen LogP contribution in [0.1, 0.15) is 18.9 Å². The number of aromatic amines is 1. The van der Waals surface area contributed by atoms with Crippen LogP contribution >= 0.6 is 11.8 Å². The smallest absolute Gasteiger partial charge is 0.325 e. The van der Waals surface area contributed by atoms with E-state index in [1.807, 2.05) is 0 Å². The van der Waals surface area contributed by atoms with E-state index in [0.29, 0.717) is 22.5 Å². The zero-order valence-corrected chi connectivity index (χ0v) is 15.5. The molecule has 146 valence electrons. The fraction of sp³-hybridized carbons (Fsp3) is 0.211. The number of hydrogen-bond donors (Lipinski definition) is 2. The number of nitrogens with zero attached hydrogens (tertiary/aromatic N) is 1. The topological polar surface area (TPSA) is 74.8 Å². The average Bonchev–Trinajstić information content (AvgIpc) is 2.66. The van der Waals surface area contributed by atoms with Gasteiger partial charge in [0.05, 0.1) is 21.7 Å². The molecule has 0 saturated carbocycles. The molecule has 1 heterocycles. The monoisotopic (exact) mass is 407 g/mol. The quantitative estimate of drug-likeness (QED) is 0.484. The van der Waals surface area contributed by atoms with E-state index in [0.717, 1.165) is 23.9 Å². The molecule has 3 aromatic rings. The molecule has 1 amide bonds. The number of rotatable bonds is 5. The highest BCUT2D eigenvalue weighted by Gasteiger charge is 2.30. The van der Waals surface area contributed by atoms with Crippen molar-refractivity contribution in [3.63, 3.8) is 0 Å². The lowest BCUT2D eigenvalue weighted by Gasteiger charge is -2.15. The van der Waals surface area contributed by atoms with E-state index >= 15 is 0 Å². The molecule has 2 aromatic carbocycles. The summed E-state index contributed by atoms with van der Waals surface area (Å²) in [5.41, 5.74) is -0.306. The first-order valence-corrected chi connectivity index (χ1v) is 9.29. The summed E-state index contributed by atoms with van der Waals surface area (Å²) >= 11 is 1.09. The normalized spacial score (nSPS) is 12.7. The number of benzene rings is 2. The summed E-state index contributed by atoms with van der Waals surface area (Å²) in [5, 5.41) is 2.78. The number of carbonyl (C=O) groups is 1. The van der Waals surface area contributed by atoms with E-state index < -0.39 is 17.0 Å². The third-order valence-electron chi connectivity index (χ3n) is 3.99. The minimum absolute atomic E-state index is 0.261. The minimum atomic E-state index is -4.43. The molecule has 0 radical (unpaired) electrons. The molecule has 0 bridgehead atoms. The third-order valence-corrected chi connectivity index (χ3v) is 5.24. The first-order valence-electron chi connectivity index (χ1n) is 8.41. The standard InChI is InChI=1S/C19H16F3N3O2S/c1-2-15(17(27)23-12-9-7-11(8-10-12)19(20,21)22)28-18-24-14-6-4-3-5-13(14)16(26)25-18/h3-10,15H,2H2,1H3,(H,23,27)(H,24,25,26). The zero-order valence-electron chi connectivity index (χ0n) is 14.7. The molecule has 0 saturated heterocycles.